The van der Waals surface area contributed by atoms with E-state index < -0.39 is 0 Å². The van der Waals surface area contributed by atoms with Crippen molar-refractivity contribution in [1.29, 1.82) is 0 Å². The molecule has 3 rings (SSSR count). The summed E-state index contributed by atoms with van der Waals surface area (Å²) in [6, 6.07) is 0.199. The molecule has 2 aliphatic rings. The number of amides is 2. The van der Waals surface area contributed by atoms with Crippen molar-refractivity contribution in [2.75, 3.05) is 13.1 Å². The van der Waals surface area contributed by atoms with E-state index in [2.05, 4.69) is 14.9 Å². The van der Waals surface area contributed by atoms with Crippen molar-refractivity contribution in [3.63, 3.8) is 0 Å². The number of likely N-dealkylation sites (tertiary alicyclic amines) is 1. The number of aromatic nitrogens is 2. The van der Waals surface area contributed by atoms with Gasteiger partial charge in [-0.25, -0.2) is 4.98 Å². The largest absolute Gasteiger partial charge is 0.351 e. The first-order valence-corrected chi connectivity index (χ1v) is 7.69. The number of rotatable bonds is 2. The fourth-order valence-corrected chi connectivity index (χ4v) is 3.26. The number of nitrogens with zero attached hydrogens (tertiary/aromatic N) is 3. The SMILES string of the molecule is CC(=O)N1CCC(C(=O)N[C@H]2CCc3nccn3C2)CC1. The van der Waals surface area contributed by atoms with Crippen molar-refractivity contribution in [2.24, 2.45) is 5.92 Å². The van der Waals surface area contributed by atoms with E-state index in [0.29, 0.717) is 13.1 Å². The fourth-order valence-electron chi connectivity index (χ4n) is 3.26. The van der Waals surface area contributed by atoms with Crippen LogP contribution in [0, 0.1) is 5.92 Å². The third kappa shape index (κ3) is 3.09. The summed E-state index contributed by atoms with van der Waals surface area (Å²) in [5.41, 5.74) is 0. The third-order valence-corrected chi connectivity index (χ3v) is 4.59. The molecule has 114 valence electrons. The Balaban J connectivity index is 1.50. The van der Waals surface area contributed by atoms with Crippen molar-refractivity contribution >= 4 is 11.8 Å². The van der Waals surface area contributed by atoms with Gasteiger partial charge < -0.3 is 14.8 Å². The zero-order chi connectivity index (χ0) is 14.8. The van der Waals surface area contributed by atoms with Gasteiger partial charge in [0.25, 0.3) is 0 Å². The quantitative estimate of drug-likeness (QED) is 0.866. The molecule has 0 spiro atoms. The number of nitrogens with one attached hydrogen (secondary N) is 1. The minimum atomic E-state index is 0.0461. The van der Waals surface area contributed by atoms with E-state index in [1.165, 1.54) is 0 Å². The van der Waals surface area contributed by atoms with Gasteiger partial charge in [0.2, 0.25) is 11.8 Å². The molecule has 2 amide bonds. The Morgan fingerprint density at radius 1 is 1.29 bits per heavy atom. The molecule has 0 aromatic carbocycles. The summed E-state index contributed by atoms with van der Waals surface area (Å²) in [6.45, 7) is 3.80. The number of aryl methyl sites for hydroxylation is 1. The van der Waals surface area contributed by atoms with E-state index in [4.69, 9.17) is 0 Å². The molecule has 1 N–H and O–H groups in total. The van der Waals surface area contributed by atoms with Crippen LogP contribution in [0.4, 0.5) is 0 Å². The molecular formula is C15H22N4O2. The standard InChI is InChI=1S/C15H22N4O2/c1-11(20)18-7-4-12(5-8-18)15(21)17-13-2-3-14-16-6-9-19(14)10-13/h6,9,12-13H,2-5,7-8,10H2,1H3,(H,17,21)/t13-/m0/s1. The van der Waals surface area contributed by atoms with Crippen LogP contribution in [0.3, 0.4) is 0 Å². The molecule has 1 saturated heterocycles. The fraction of sp³-hybridized carbons (Fsp3) is 0.667. The number of piperidine rings is 1. The van der Waals surface area contributed by atoms with Crippen molar-refractivity contribution in [2.45, 2.75) is 45.2 Å². The van der Waals surface area contributed by atoms with E-state index in [9.17, 15) is 9.59 Å². The zero-order valence-corrected chi connectivity index (χ0v) is 12.4. The minimum absolute atomic E-state index is 0.0461. The lowest BCUT2D eigenvalue weighted by Crippen LogP contribution is -2.47. The second kappa shape index (κ2) is 5.87. The second-order valence-corrected chi connectivity index (χ2v) is 6.02. The van der Waals surface area contributed by atoms with Crippen LogP contribution in [0.25, 0.3) is 0 Å². The Hall–Kier alpha value is -1.85. The average molecular weight is 290 g/mol. The highest BCUT2D eigenvalue weighted by atomic mass is 16.2. The van der Waals surface area contributed by atoms with Crippen molar-refractivity contribution in [3.05, 3.63) is 18.2 Å². The maximum Gasteiger partial charge on any atom is 0.223 e. The predicted molar refractivity (Wildman–Crippen MR) is 77.5 cm³/mol. The Labute approximate surface area is 124 Å². The number of hydrogen-bond donors (Lipinski definition) is 1. The molecule has 2 aliphatic heterocycles. The summed E-state index contributed by atoms with van der Waals surface area (Å²) < 4.78 is 2.12. The van der Waals surface area contributed by atoms with Crippen LogP contribution in [0.2, 0.25) is 0 Å². The van der Waals surface area contributed by atoms with Crippen molar-refractivity contribution < 1.29 is 9.59 Å². The lowest BCUT2D eigenvalue weighted by molar-refractivity contribution is -0.134. The highest BCUT2D eigenvalue weighted by Gasteiger charge is 2.28. The van der Waals surface area contributed by atoms with Crippen LogP contribution in [0.15, 0.2) is 12.4 Å². The van der Waals surface area contributed by atoms with E-state index in [0.717, 1.165) is 38.1 Å². The van der Waals surface area contributed by atoms with E-state index in [-0.39, 0.29) is 23.8 Å². The van der Waals surface area contributed by atoms with Crippen molar-refractivity contribution in [3.8, 4) is 0 Å². The van der Waals surface area contributed by atoms with Gasteiger partial charge in [-0.15, -0.1) is 0 Å². The Morgan fingerprint density at radius 2 is 2.05 bits per heavy atom. The maximum absolute atomic E-state index is 12.4. The van der Waals surface area contributed by atoms with Gasteiger partial charge in [0.05, 0.1) is 0 Å². The summed E-state index contributed by atoms with van der Waals surface area (Å²) in [5.74, 6) is 1.40. The molecule has 0 bridgehead atoms. The highest BCUT2D eigenvalue weighted by Crippen LogP contribution is 2.19. The lowest BCUT2D eigenvalue weighted by Gasteiger charge is -2.32. The number of carbonyl (C=O) groups excluding carboxylic acids is 2. The first-order chi connectivity index (χ1) is 10.1. The van der Waals surface area contributed by atoms with Crippen molar-refractivity contribution in [1.82, 2.24) is 19.8 Å². The first-order valence-electron chi connectivity index (χ1n) is 7.69. The van der Waals surface area contributed by atoms with Crippen LogP contribution in [-0.4, -0.2) is 45.4 Å². The molecule has 1 aromatic heterocycles. The van der Waals surface area contributed by atoms with Gasteiger partial charge in [0.15, 0.2) is 0 Å². The molecular weight excluding hydrogens is 268 g/mol. The molecule has 1 aromatic rings. The normalized spacial score (nSPS) is 22.7. The minimum Gasteiger partial charge on any atom is -0.351 e. The summed E-state index contributed by atoms with van der Waals surface area (Å²) >= 11 is 0. The molecule has 1 fully saturated rings. The molecule has 0 saturated carbocycles. The van der Waals surface area contributed by atoms with Crippen LogP contribution >= 0.6 is 0 Å². The molecule has 21 heavy (non-hydrogen) atoms. The number of hydrogen-bond acceptors (Lipinski definition) is 3. The van der Waals surface area contributed by atoms with Gasteiger partial charge in [-0.1, -0.05) is 0 Å². The van der Waals surface area contributed by atoms with E-state index >= 15 is 0 Å². The summed E-state index contributed by atoms with van der Waals surface area (Å²) in [5, 5.41) is 3.17. The highest BCUT2D eigenvalue weighted by molar-refractivity contribution is 5.79. The van der Waals surface area contributed by atoms with Crippen LogP contribution in [0.1, 0.15) is 32.0 Å². The van der Waals surface area contributed by atoms with E-state index in [1.807, 2.05) is 17.3 Å². The molecule has 6 nitrogen and oxygen atoms in total. The number of imidazole rings is 1. The van der Waals surface area contributed by atoms with Gasteiger partial charge in [0.1, 0.15) is 5.82 Å². The number of carbonyl (C=O) groups is 2. The monoisotopic (exact) mass is 290 g/mol. The third-order valence-electron chi connectivity index (χ3n) is 4.59. The van der Waals surface area contributed by atoms with Crippen LogP contribution in [-0.2, 0) is 22.6 Å². The lowest BCUT2D eigenvalue weighted by atomic mass is 9.95. The molecule has 0 aliphatic carbocycles. The van der Waals surface area contributed by atoms with Gasteiger partial charge in [0, 0.05) is 57.3 Å². The zero-order valence-electron chi connectivity index (χ0n) is 12.4. The predicted octanol–water partition coefficient (Wildman–Crippen LogP) is 0.573. The van der Waals surface area contributed by atoms with Gasteiger partial charge in [-0.3, -0.25) is 9.59 Å². The topological polar surface area (TPSA) is 67.2 Å². The van der Waals surface area contributed by atoms with Gasteiger partial charge in [-0.05, 0) is 19.3 Å². The molecule has 1 atom stereocenters. The van der Waals surface area contributed by atoms with Crippen LogP contribution < -0.4 is 5.32 Å². The molecule has 0 unspecified atom stereocenters. The summed E-state index contributed by atoms with van der Waals surface area (Å²) in [6.07, 6.45) is 7.20. The molecule has 6 heteroatoms. The maximum atomic E-state index is 12.4. The average Bonchev–Trinajstić information content (AvgIpc) is 2.95. The number of fused-ring (bicyclic) bond motifs is 1. The Kier molecular flexibility index (Phi) is 3.94. The second-order valence-electron chi connectivity index (χ2n) is 6.02. The van der Waals surface area contributed by atoms with E-state index in [1.54, 1.807) is 6.92 Å². The first kappa shape index (κ1) is 14.1. The summed E-state index contributed by atoms with van der Waals surface area (Å²) in [4.78, 5) is 29.8. The Morgan fingerprint density at radius 3 is 2.76 bits per heavy atom. The smallest absolute Gasteiger partial charge is 0.223 e. The molecule has 0 radical (unpaired) electrons. The Bertz CT molecular complexity index is 532. The molecule has 3 heterocycles. The van der Waals surface area contributed by atoms with Gasteiger partial charge in [-0.2, -0.15) is 0 Å². The van der Waals surface area contributed by atoms with Crippen LogP contribution in [0.5, 0.6) is 0 Å². The summed E-state index contributed by atoms with van der Waals surface area (Å²) in [7, 11) is 0. The van der Waals surface area contributed by atoms with Gasteiger partial charge >= 0.3 is 0 Å².